The molecule has 1 amide bonds. The van der Waals surface area contributed by atoms with Crippen LogP contribution < -0.4 is 5.32 Å². The van der Waals surface area contributed by atoms with Gasteiger partial charge in [0.1, 0.15) is 0 Å². The molecule has 1 aliphatic rings. The molecule has 3 nitrogen and oxygen atoms in total. The Morgan fingerprint density at radius 2 is 2.06 bits per heavy atom. The summed E-state index contributed by atoms with van der Waals surface area (Å²) in [5.74, 6) is 0.485. The Morgan fingerprint density at radius 1 is 1.24 bits per heavy atom. The number of benzene rings is 1. The van der Waals surface area contributed by atoms with Gasteiger partial charge in [0.05, 0.1) is 0 Å². The van der Waals surface area contributed by atoms with Crippen LogP contribution in [0.1, 0.15) is 17.9 Å². The summed E-state index contributed by atoms with van der Waals surface area (Å²) in [4.78, 5) is 11.2. The summed E-state index contributed by atoms with van der Waals surface area (Å²) < 4.78 is 4.10. The molecule has 0 spiro atoms. The van der Waals surface area contributed by atoms with E-state index >= 15 is 0 Å². The lowest BCUT2D eigenvalue weighted by Crippen LogP contribution is -2.13. The molecule has 1 N–H and O–H groups in total. The van der Waals surface area contributed by atoms with Crippen LogP contribution in [0.3, 0.4) is 0 Å². The first-order valence-corrected chi connectivity index (χ1v) is 6.43. The van der Waals surface area contributed by atoms with Crippen molar-refractivity contribution in [1.82, 2.24) is 9.69 Å². The maximum absolute atomic E-state index is 11.2. The van der Waals surface area contributed by atoms with Gasteiger partial charge in [-0.15, -0.1) is 0 Å². The Morgan fingerprint density at radius 3 is 2.65 bits per heavy atom. The number of amides is 1. The quantitative estimate of drug-likeness (QED) is 0.881. The minimum Gasteiger partial charge on any atom is -0.355 e. The minimum atomic E-state index is 0.154. The summed E-state index contributed by atoms with van der Waals surface area (Å²) in [5.41, 5.74) is 3.57. The van der Waals surface area contributed by atoms with E-state index in [-0.39, 0.29) is 5.91 Å². The molecule has 1 aromatic carbocycles. The molecule has 1 fully saturated rings. The molecule has 1 aromatic heterocycles. The average Bonchev–Trinajstić information content (AvgIpc) is 3.00. The van der Waals surface area contributed by atoms with E-state index in [1.54, 1.807) is 0 Å². The van der Waals surface area contributed by atoms with Crippen LogP contribution in [-0.4, -0.2) is 16.8 Å². The first kappa shape index (κ1) is 10.5. The van der Waals surface area contributed by atoms with Crippen molar-refractivity contribution in [1.29, 1.82) is 0 Å². The monoisotopic (exact) mass is 244 g/mol. The van der Waals surface area contributed by atoms with Crippen molar-refractivity contribution in [2.45, 2.75) is 12.3 Å². The molecule has 17 heavy (non-hydrogen) atoms. The first-order valence-electron chi connectivity index (χ1n) is 5.59. The van der Waals surface area contributed by atoms with Gasteiger partial charge in [-0.3, -0.25) is 4.79 Å². The second-order valence-electron chi connectivity index (χ2n) is 4.24. The van der Waals surface area contributed by atoms with E-state index < -0.39 is 0 Å². The normalized spacial score (nSPS) is 19.3. The highest BCUT2D eigenvalue weighted by atomic mass is 32.1. The van der Waals surface area contributed by atoms with E-state index in [9.17, 15) is 4.79 Å². The van der Waals surface area contributed by atoms with Gasteiger partial charge in [-0.1, -0.05) is 24.3 Å². The lowest BCUT2D eigenvalue weighted by molar-refractivity contribution is -0.119. The third-order valence-corrected chi connectivity index (χ3v) is 3.71. The summed E-state index contributed by atoms with van der Waals surface area (Å²) in [5, 5.41) is 4.90. The number of carbonyl (C=O) groups is 1. The van der Waals surface area contributed by atoms with Gasteiger partial charge >= 0.3 is 0 Å². The molecule has 0 radical (unpaired) electrons. The molecule has 2 heterocycles. The zero-order chi connectivity index (χ0) is 11.7. The van der Waals surface area contributed by atoms with Crippen LogP contribution in [0.2, 0.25) is 0 Å². The number of carbonyl (C=O) groups excluding carboxylic acids is 1. The van der Waals surface area contributed by atoms with Crippen molar-refractivity contribution in [3.8, 4) is 11.1 Å². The van der Waals surface area contributed by atoms with Gasteiger partial charge in [-0.25, -0.2) is 4.37 Å². The minimum absolute atomic E-state index is 0.154. The molecule has 0 bridgehead atoms. The molecular formula is C13H12N2OS. The van der Waals surface area contributed by atoms with Crippen LogP contribution in [0, 0.1) is 0 Å². The van der Waals surface area contributed by atoms with E-state index in [4.69, 9.17) is 0 Å². The number of nitrogens with one attached hydrogen (secondary N) is 1. The zero-order valence-corrected chi connectivity index (χ0v) is 10.0. The summed E-state index contributed by atoms with van der Waals surface area (Å²) >= 11 is 1.46. The Kier molecular flexibility index (Phi) is 2.65. The van der Waals surface area contributed by atoms with Crippen LogP contribution in [-0.2, 0) is 4.79 Å². The van der Waals surface area contributed by atoms with E-state index in [1.807, 2.05) is 11.6 Å². The largest absolute Gasteiger partial charge is 0.355 e. The predicted molar refractivity (Wildman–Crippen MR) is 67.9 cm³/mol. The van der Waals surface area contributed by atoms with Gasteiger partial charge < -0.3 is 5.32 Å². The highest BCUT2D eigenvalue weighted by Gasteiger charge is 2.22. The summed E-state index contributed by atoms with van der Waals surface area (Å²) in [7, 11) is 0. The second kappa shape index (κ2) is 4.30. The van der Waals surface area contributed by atoms with Crippen LogP contribution >= 0.6 is 11.5 Å². The maximum atomic E-state index is 11.2. The molecule has 3 rings (SSSR count). The van der Waals surface area contributed by atoms with Gasteiger partial charge in [0.15, 0.2) is 0 Å². The molecular weight excluding hydrogens is 232 g/mol. The van der Waals surface area contributed by atoms with Crippen LogP contribution in [0.15, 0.2) is 35.8 Å². The number of aromatic nitrogens is 1. The van der Waals surface area contributed by atoms with Crippen molar-refractivity contribution in [2.24, 2.45) is 0 Å². The Bertz CT molecular complexity index is 519. The van der Waals surface area contributed by atoms with E-state index in [0.717, 1.165) is 12.1 Å². The first-order chi connectivity index (χ1) is 8.33. The van der Waals surface area contributed by atoms with Crippen molar-refractivity contribution < 1.29 is 4.79 Å². The van der Waals surface area contributed by atoms with Crippen LogP contribution in [0.4, 0.5) is 0 Å². The highest BCUT2D eigenvalue weighted by Crippen LogP contribution is 2.26. The summed E-state index contributed by atoms with van der Waals surface area (Å²) in [6.07, 6.45) is 2.49. The number of hydrogen-bond donors (Lipinski definition) is 1. The summed E-state index contributed by atoms with van der Waals surface area (Å²) in [6, 6.07) is 8.42. The summed E-state index contributed by atoms with van der Waals surface area (Å²) in [6.45, 7) is 0.762. The van der Waals surface area contributed by atoms with Crippen molar-refractivity contribution in [3.63, 3.8) is 0 Å². The third kappa shape index (κ3) is 2.08. The molecule has 86 valence electrons. The van der Waals surface area contributed by atoms with E-state index in [2.05, 4.69) is 34.0 Å². The number of rotatable bonds is 2. The zero-order valence-electron chi connectivity index (χ0n) is 9.22. The molecule has 2 aromatic rings. The lowest BCUT2D eigenvalue weighted by atomic mass is 9.96. The molecule has 4 heteroatoms. The highest BCUT2D eigenvalue weighted by molar-refractivity contribution is 7.03. The SMILES string of the molecule is O=C1CC(c2ccc(-c3cnsc3)cc2)CN1. The van der Waals surface area contributed by atoms with Crippen molar-refractivity contribution in [2.75, 3.05) is 6.54 Å². The maximum Gasteiger partial charge on any atom is 0.220 e. The standard InChI is InChI=1S/C13H12N2OS/c16-13-5-11(6-14-13)9-1-3-10(4-2-9)12-7-15-17-8-12/h1-4,7-8,11H,5-6H2,(H,14,16). The Hall–Kier alpha value is -1.68. The molecule has 1 unspecified atom stereocenters. The van der Waals surface area contributed by atoms with E-state index in [1.165, 1.54) is 22.7 Å². The number of nitrogens with zero attached hydrogens (tertiary/aromatic N) is 1. The molecule has 0 saturated carbocycles. The fourth-order valence-electron chi connectivity index (χ4n) is 2.14. The van der Waals surface area contributed by atoms with Crippen molar-refractivity contribution >= 4 is 17.4 Å². The third-order valence-electron chi connectivity index (χ3n) is 3.13. The fourth-order valence-corrected chi connectivity index (χ4v) is 2.68. The lowest BCUT2D eigenvalue weighted by Gasteiger charge is -2.08. The average molecular weight is 244 g/mol. The smallest absolute Gasteiger partial charge is 0.220 e. The topological polar surface area (TPSA) is 42.0 Å². The van der Waals surface area contributed by atoms with Gasteiger partial charge in [-0.05, 0) is 22.7 Å². The van der Waals surface area contributed by atoms with E-state index in [0.29, 0.717) is 12.3 Å². The molecule has 1 atom stereocenters. The Balaban J connectivity index is 1.83. The fraction of sp³-hybridized carbons (Fsp3) is 0.231. The van der Waals surface area contributed by atoms with Gasteiger partial charge in [-0.2, -0.15) is 0 Å². The number of hydrogen-bond acceptors (Lipinski definition) is 3. The molecule has 0 aliphatic carbocycles. The van der Waals surface area contributed by atoms with Crippen molar-refractivity contribution in [3.05, 3.63) is 41.4 Å². The van der Waals surface area contributed by atoms with Crippen LogP contribution in [0.25, 0.3) is 11.1 Å². The van der Waals surface area contributed by atoms with Gasteiger partial charge in [0, 0.05) is 36.0 Å². The van der Waals surface area contributed by atoms with Crippen LogP contribution in [0.5, 0.6) is 0 Å². The van der Waals surface area contributed by atoms with Gasteiger partial charge in [0.2, 0.25) is 5.91 Å². The molecule has 1 aliphatic heterocycles. The van der Waals surface area contributed by atoms with Gasteiger partial charge in [0.25, 0.3) is 0 Å². The Labute approximate surface area is 104 Å². The molecule has 1 saturated heterocycles. The second-order valence-corrected chi connectivity index (χ2v) is 4.90. The predicted octanol–water partition coefficient (Wildman–Crippen LogP) is 2.41.